The van der Waals surface area contributed by atoms with Crippen molar-refractivity contribution in [1.82, 2.24) is 0 Å². The van der Waals surface area contributed by atoms with Gasteiger partial charge in [-0.1, -0.05) is 5.16 Å². The Morgan fingerprint density at radius 1 is 1.77 bits per heavy atom. The fourth-order valence-electron chi connectivity index (χ4n) is 1.72. The standard InChI is InChI=1S/C9H15NO3/c1-13-9(11)6-7-3-2-4-8(5-7)10-12/h7,12H,2-6H2,1H3. The van der Waals surface area contributed by atoms with Crippen LogP contribution in [-0.2, 0) is 9.53 Å². The molecular formula is C9H15NO3. The average Bonchev–Trinajstić information content (AvgIpc) is 2.18. The number of methoxy groups -OCH3 is 1. The molecule has 0 heterocycles. The Labute approximate surface area is 77.6 Å². The van der Waals surface area contributed by atoms with Gasteiger partial charge in [0.25, 0.3) is 0 Å². The minimum atomic E-state index is -0.177. The lowest BCUT2D eigenvalue weighted by Gasteiger charge is -2.20. The molecule has 0 bridgehead atoms. The van der Waals surface area contributed by atoms with Gasteiger partial charge in [0.1, 0.15) is 0 Å². The highest BCUT2D eigenvalue weighted by Gasteiger charge is 2.21. The second-order valence-electron chi connectivity index (χ2n) is 3.41. The van der Waals surface area contributed by atoms with Crippen LogP contribution in [0.15, 0.2) is 5.16 Å². The molecule has 0 amide bonds. The molecular weight excluding hydrogens is 170 g/mol. The molecule has 13 heavy (non-hydrogen) atoms. The fourth-order valence-corrected chi connectivity index (χ4v) is 1.72. The highest BCUT2D eigenvalue weighted by Crippen LogP contribution is 2.25. The van der Waals surface area contributed by atoms with Crippen molar-refractivity contribution in [3.8, 4) is 0 Å². The molecule has 0 aromatic carbocycles. The third-order valence-electron chi connectivity index (χ3n) is 2.43. The molecule has 1 atom stereocenters. The van der Waals surface area contributed by atoms with E-state index in [1.54, 1.807) is 0 Å². The third kappa shape index (κ3) is 3.05. The molecule has 1 aliphatic carbocycles. The van der Waals surface area contributed by atoms with E-state index in [0.717, 1.165) is 31.4 Å². The monoisotopic (exact) mass is 185 g/mol. The first-order valence-corrected chi connectivity index (χ1v) is 4.53. The topological polar surface area (TPSA) is 58.9 Å². The van der Waals surface area contributed by atoms with Gasteiger partial charge < -0.3 is 9.94 Å². The van der Waals surface area contributed by atoms with Gasteiger partial charge in [0, 0.05) is 6.42 Å². The lowest BCUT2D eigenvalue weighted by atomic mass is 9.86. The number of oxime groups is 1. The van der Waals surface area contributed by atoms with Crippen molar-refractivity contribution in [2.75, 3.05) is 7.11 Å². The van der Waals surface area contributed by atoms with Crippen molar-refractivity contribution >= 4 is 11.7 Å². The van der Waals surface area contributed by atoms with Crippen LogP contribution in [0.3, 0.4) is 0 Å². The quantitative estimate of drug-likeness (QED) is 0.403. The average molecular weight is 185 g/mol. The Bertz CT molecular complexity index is 213. The van der Waals surface area contributed by atoms with E-state index in [0.29, 0.717) is 12.3 Å². The zero-order chi connectivity index (χ0) is 9.68. The third-order valence-corrected chi connectivity index (χ3v) is 2.43. The Balaban J connectivity index is 2.38. The molecule has 0 aromatic heterocycles. The molecule has 0 spiro atoms. The van der Waals surface area contributed by atoms with Crippen molar-refractivity contribution in [2.45, 2.75) is 32.1 Å². The second-order valence-corrected chi connectivity index (χ2v) is 3.41. The van der Waals surface area contributed by atoms with Crippen molar-refractivity contribution < 1.29 is 14.7 Å². The van der Waals surface area contributed by atoms with E-state index in [1.807, 2.05) is 0 Å². The highest BCUT2D eigenvalue weighted by molar-refractivity contribution is 5.85. The van der Waals surface area contributed by atoms with Gasteiger partial charge in [-0.25, -0.2) is 0 Å². The van der Waals surface area contributed by atoms with Crippen LogP contribution in [0, 0.1) is 5.92 Å². The van der Waals surface area contributed by atoms with Gasteiger partial charge in [0.2, 0.25) is 0 Å². The number of carbonyl (C=O) groups is 1. The molecule has 1 N–H and O–H groups in total. The van der Waals surface area contributed by atoms with E-state index >= 15 is 0 Å². The summed E-state index contributed by atoms with van der Waals surface area (Å²) in [5, 5.41) is 11.8. The summed E-state index contributed by atoms with van der Waals surface area (Å²) in [6.45, 7) is 0. The maximum absolute atomic E-state index is 11.0. The van der Waals surface area contributed by atoms with Crippen molar-refractivity contribution in [2.24, 2.45) is 11.1 Å². The number of nitrogens with zero attached hydrogens (tertiary/aromatic N) is 1. The SMILES string of the molecule is COC(=O)CC1CCCC(=NO)C1. The van der Waals surface area contributed by atoms with Crippen LogP contribution in [0.2, 0.25) is 0 Å². The Morgan fingerprint density at radius 2 is 2.54 bits per heavy atom. The van der Waals surface area contributed by atoms with Gasteiger partial charge in [0.15, 0.2) is 0 Å². The van der Waals surface area contributed by atoms with E-state index in [9.17, 15) is 4.79 Å². The molecule has 4 nitrogen and oxygen atoms in total. The first-order valence-electron chi connectivity index (χ1n) is 4.53. The molecule has 0 radical (unpaired) electrons. The zero-order valence-electron chi connectivity index (χ0n) is 7.82. The van der Waals surface area contributed by atoms with Crippen LogP contribution < -0.4 is 0 Å². The smallest absolute Gasteiger partial charge is 0.305 e. The molecule has 4 heteroatoms. The summed E-state index contributed by atoms with van der Waals surface area (Å²) in [5.41, 5.74) is 0.806. The van der Waals surface area contributed by atoms with Gasteiger partial charge >= 0.3 is 5.97 Å². The van der Waals surface area contributed by atoms with E-state index in [1.165, 1.54) is 7.11 Å². The predicted molar refractivity (Wildman–Crippen MR) is 47.8 cm³/mol. The van der Waals surface area contributed by atoms with E-state index in [4.69, 9.17) is 5.21 Å². The highest BCUT2D eigenvalue weighted by atomic mass is 16.5. The molecule has 1 saturated carbocycles. The van der Waals surface area contributed by atoms with Crippen LogP contribution in [0.1, 0.15) is 32.1 Å². The van der Waals surface area contributed by atoms with Crippen molar-refractivity contribution in [3.63, 3.8) is 0 Å². The summed E-state index contributed by atoms with van der Waals surface area (Å²) in [7, 11) is 1.40. The van der Waals surface area contributed by atoms with E-state index < -0.39 is 0 Å². The van der Waals surface area contributed by atoms with Gasteiger partial charge in [-0.2, -0.15) is 0 Å². The van der Waals surface area contributed by atoms with Crippen molar-refractivity contribution in [1.29, 1.82) is 0 Å². The number of hydrogen-bond donors (Lipinski definition) is 1. The summed E-state index contributed by atoms with van der Waals surface area (Å²) in [6.07, 6.45) is 4.05. The van der Waals surface area contributed by atoms with Gasteiger partial charge in [-0.15, -0.1) is 0 Å². The molecule has 74 valence electrons. The lowest BCUT2D eigenvalue weighted by molar-refractivity contribution is -0.141. The van der Waals surface area contributed by atoms with Gasteiger partial charge in [-0.05, 0) is 31.6 Å². The molecule has 0 saturated heterocycles. The number of hydrogen-bond acceptors (Lipinski definition) is 4. The molecule has 1 fully saturated rings. The molecule has 1 unspecified atom stereocenters. The zero-order valence-corrected chi connectivity index (χ0v) is 7.82. The van der Waals surface area contributed by atoms with E-state index in [2.05, 4.69) is 9.89 Å². The largest absolute Gasteiger partial charge is 0.469 e. The minimum absolute atomic E-state index is 0.177. The predicted octanol–water partition coefficient (Wildman–Crippen LogP) is 1.57. The number of esters is 1. The van der Waals surface area contributed by atoms with Crippen molar-refractivity contribution in [3.05, 3.63) is 0 Å². The first-order chi connectivity index (χ1) is 6.26. The van der Waals surface area contributed by atoms with E-state index in [-0.39, 0.29) is 5.97 Å². The molecule has 1 rings (SSSR count). The summed E-state index contributed by atoms with van der Waals surface area (Å²) in [5.74, 6) is 0.122. The maximum Gasteiger partial charge on any atom is 0.305 e. The normalized spacial score (nSPS) is 25.9. The van der Waals surface area contributed by atoms with Crippen LogP contribution in [0.5, 0.6) is 0 Å². The minimum Gasteiger partial charge on any atom is -0.469 e. The summed E-state index contributed by atoms with van der Waals surface area (Å²) < 4.78 is 4.58. The number of carbonyl (C=O) groups excluding carboxylic acids is 1. The van der Waals surface area contributed by atoms with Crippen LogP contribution in [-0.4, -0.2) is 24.0 Å². The molecule has 0 aliphatic heterocycles. The number of rotatable bonds is 2. The lowest BCUT2D eigenvalue weighted by Crippen LogP contribution is -2.18. The Kier molecular flexibility index (Phi) is 3.73. The summed E-state index contributed by atoms with van der Waals surface area (Å²) in [6, 6.07) is 0. The fraction of sp³-hybridized carbons (Fsp3) is 0.778. The molecule has 1 aliphatic rings. The van der Waals surface area contributed by atoms with Crippen LogP contribution >= 0.6 is 0 Å². The summed E-state index contributed by atoms with van der Waals surface area (Å²) >= 11 is 0. The number of ether oxygens (including phenoxy) is 1. The van der Waals surface area contributed by atoms with Crippen LogP contribution in [0.25, 0.3) is 0 Å². The van der Waals surface area contributed by atoms with Gasteiger partial charge in [-0.3, -0.25) is 4.79 Å². The Morgan fingerprint density at radius 3 is 3.15 bits per heavy atom. The first kappa shape index (κ1) is 10.0. The van der Waals surface area contributed by atoms with Crippen LogP contribution in [0.4, 0.5) is 0 Å². The van der Waals surface area contributed by atoms with Gasteiger partial charge in [0.05, 0.1) is 12.8 Å². The maximum atomic E-state index is 11.0. The summed E-state index contributed by atoms with van der Waals surface area (Å²) in [4.78, 5) is 11.0. The second kappa shape index (κ2) is 4.84. The molecule has 0 aromatic rings. The Hall–Kier alpha value is -1.06.